The van der Waals surface area contributed by atoms with Crippen LogP contribution < -0.4 is 11.2 Å². The van der Waals surface area contributed by atoms with E-state index in [1.807, 2.05) is 4.57 Å². The molecule has 6 nitrogen and oxygen atoms in total. The molecule has 29 heavy (non-hydrogen) atoms. The van der Waals surface area contributed by atoms with Gasteiger partial charge in [0.1, 0.15) is 0 Å². The quantitative estimate of drug-likeness (QED) is 0.491. The first-order chi connectivity index (χ1) is 14.0. The summed E-state index contributed by atoms with van der Waals surface area (Å²) >= 11 is 1.53. The Kier molecular flexibility index (Phi) is 7.36. The molecule has 0 atom stereocenters. The maximum Gasteiger partial charge on any atom is 0.329 e. The van der Waals surface area contributed by atoms with Gasteiger partial charge in [-0.25, -0.2) is 9.78 Å². The third-order valence-electron chi connectivity index (χ3n) is 5.19. The van der Waals surface area contributed by atoms with Crippen LogP contribution in [0.15, 0.2) is 43.9 Å². The summed E-state index contributed by atoms with van der Waals surface area (Å²) in [6, 6.07) is 8.24. The van der Waals surface area contributed by atoms with Crippen molar-refractivity contribution in [3.8, 4) is 0 Å². The lowest BCUT2D eigenvalue weighted by molar-refractivity contribution is 0.538. The minimum absolute atomic E-state index is 0.366. The molecule has 0 amide bonds. The van der Waals surface area contributed by atoms with Crippen LogP contribution >= 0.6 is 11.8 Å². The summed E-state index contributed by atoms with van der Waals surface area (Å²) < 4.78 is 3.39. The first kappa shape index (κ1) is 21.4. The Morgan fingerprint density at radius 2 is 1.66 bits per heavy atom. The zero-order valence-corrected chi connectivity index (χ0v) is 18.3. The molecule has 0 aliphatic rings. The molecule has 1 N–H and O–H groups in total. The van der Waals surface area contributed by atoms with Crippen molar-refractivity contribution >= 4 is 22.9 Å². The molecule has 0 fully saturated rings. The molecular weight excluding hydrogens is 384 g/mol. The SMILES string of the molecule is CCCCCCCCCn1c(Sc2ccc(C)cc2)nc2c1c(=O)[nH]c(=O)n2C. The van der Waals surface area contributed by atoms with Gasteiger partial charge in [-0.3, -0.25) is 14.3 Å². The van der Waals surface area contributed by atoms with Gasteiger partial charge in [0.05, 0.1) is 0 Å². The van der Waals surface area contributed by atoms with Crippen LogP contribution in [0.3, 0.4) is 0 Å². The van der Waals surface area contributed by atoms with E-state index in [0.717, 1.165) is 29.4 Å². The van der Waals surface area contributed by atoms with Crippen molar-refractivity contribution < 1.29 is 0 Å². The monoisotopic (exact) mass is 414 g/mol. The van der Waals surface area contributed by atoms with E-state index in [9.17, 15) is 9.59 Å². The maximum atomic E-state index is 12.6. The van der Waals surface area contributed by atoms with Crippen molar-refractivity contribution in [2.24, 2.45) is 7.05 Å². The zero-order chi connectivity index (χ0) is 20.8. The van der Waals surface area contributed by atoms with Gasteiger partial charge in [-0.15, -0.1) is 0 Å². The van der Waals surface area contributed by atoms with Gasteiger partial charge in [-0.1, -0.05) is 74.9 Å². The number of aromatic nitrogens is 4. The molecule has 3 rings (SSSR count). The fourth-order valence-corrected chi connectivity index (χ4v) is 4.35. The van der Waals surface area contributed by atoms with Crippen molar-refractivity contribution in [1.82, 2.24) is 19.1 Å². The summed E-state index contributed by atoms with van der Waals surface area (Å²) in [4.78, 5) is 32.7. The molecule has 2 aromatic heterocycles. The van der Waals surface area contributed by atoms with Gasteiger partial charge in [0, 0.05) is 18.5 Å². The number of unbranched alkanes of at least 4 members (excludes halogenated alkanes) is 6. The number of benzene rings is 1. The molecule has 0 bridgehead atoms. The van der Waals surface area contributed by atoms with E-state index < -0.39 is 5.69 Å². The van der Waals surface area contributed by atoms with Gasteiger partial charge in [-0.05, 0) is 25.5 Å². The second kappa shape index (κ2) is 9.96. The molecule has 0 aliphatic heterocycles. The number of hydrogen-bond donors (Lipinski definition) is 1. The van der Waals surface area contributed by atoms with E-state index in [4.69, 9.17) is 0 Å². The Morgan fingerprint density at radius 1 is 1.00 bits per heavy atom. The number of H-pyrrole nitrogens is 1. The molecule has 2 heterocycles. The van der Waals surface area contributed by atoms with Crippen LogP contribution in [-0.4, -0.2) is 19.1 Å². The van der Waals surface area contributed by atoms with Crippen LogP contribution in [0.1, 0.15) is 57.4 Å². The Labute approximate surface area is 175 Å². The summed E-state index contributed by atoms with van der Waals surface area (Å²) in [5, 5.41) is 0.751. The number of nitrogens with zero attached hydrogens (tertiary/aromatic N) is 3. The molecule has 0 saturated carbocycles. The van der Waals surface area contributed by atoms with Crippen LogP contribution in [0.5, 0.6) is 0 Å². The second-order valence-corrected chi connectivity index (χ2v) is 8.61. The zero-order valence-electron chi connectivity index (χ0n) is 17.5. The number of aromatic amines is 1. The summed E-state index contributed by atoms with van der Waals surface area (Å²) in [6.45, 7) is 5.00. The second-order valence-electron chi connectivity index (χ2n) is 7.57. The summed E-state index contributed by atoms with van der Waals surface area (Å²) in [7, 11) is 1.64. The highest BCUT2D eigenvalue weighted by molar-refractivity contribution is 7.99. The van der Waals surface area contributed by atoms with E-state index in [1.165, 1.54) is 54.0 Å². The Balaban J connectivity index is 1.86. The largest absolute Gasteiger partial charge is 0.329 e. The minimum atomic E-state index is -0.435. The molecule has 156 valence electrons. The van der Waals surface area contributed by atoms with Crippen LogP contribution in [0.2, 0.25) is 0 Å². The van der Waals surface area contributed by atoms with Crippen LogP contribution in [0.4, 0.5) is 0 Å². The Morgan fingerprint density at radius 3 is 2.34 bits per heavy atom. The van der Waals surface area contributed by atoms with E-state index in [0.29, 0.717) is 11.2 Å². The topological polar surface area (TPSA) is 72.7 Å². The third-order valence-corrected chi connectivity index (χ3v) is 6.19. The van der Waals surface area contributed by atoms with Crippen LogP contribution in [0, 0.1) is 6.92 Å². The summed E-state index contributed by atoms with van der Waals surface area (Å²) in [6.07, 6.45) is 8.43. The van der Waals surface area contributed by atoms with Gasteiger partial charge in [0.2, 0.25) is 0 Å². The van der Waals surface area contributed by atoms with E-state index >= 15 is 0 Å². The average Bonchev–Trinajstić information content (AvgIpc) is 3.06. The molecule has 0 radical (unpaired) electrons. The maximum absolute atomic E-state index is 12.6. The number of rotatable bonds is 10. The molecule has 0 unspecified atom stereocenters. The number of fused-ring (bicyclic) bond motifs is 1. The molecule has 1 aromatic carbocycles. The summed E-state index contributed by atoms with van der Waals surface area (Å²) in [5.74, 6) is 0. The van der Waals surface area contributed by atoms with Crippen molar-refractivity contribution in [3.63, 3.8) is 0 Å². The van der Waals surface area contributed by atoms with Crippen molar-refractivity contribution in [2.75, 3.05) is 0 Å². The fourth-order valence-electron chi connectivity index (χ4n) is 3.44. The third kappa shape index (κ3) is 5.21. The molecule has 3 aromatic rings. The predicted octanol–water partition coefficient (Wildman–Crippen LogP) is 4.63. The molecule has 0 spiro atoms. The highest BCUT2D eigenvalue weighted by Crippen LogP contribution is 2.29. The van der Waals surface area contributed by atoms with Gasteiger partial charge in [0.25, 0.3) is 5.56 Å². The minimum Gasteiger partial charge on any atom is -0.313 e. The van der Waals surface area contributed by atoms with Crippen molar-refractivity contribution in [2.45, 2.75) is 75.4 Å². The lowest BCUT2D eigenvalue weighted by Gasteiger charge is -2.09. The predicted molar refractivity (Wildman–Crippen MR) is 119 cm³/mol. The number of aryl methyl sites for hydroxylation is 3. The summed E-state index contributed by atoms with van der Waals surface area (Å²) in [5.41, 5.74) is 1.32. The average molecular weight is 415 g/mol. The standard InChI is InChI=1S/C22H30N4O2S/c1-4-5-6-7-8-9-10-15-26-18-19(25(3)21(28)24-20(18)27)23-22(26)29-17-13-11-16(2)12-14-17/h11-14H,4-10,15H2,1-3H3,(H,24,27,28). The molecular formula is C22H30N4O2S. The highest BCUT2D eigenvalue weighted by atomic mass is 32.2. The Bertz CT molecular complexity index is 1060. The van der Waals surface area contributed by atoms with Gasteiger partial charge in [-0.2, -0.15) is 0 Å². The first-order valence-corrected chi connectivity index (χ1v) is 11.3. The van der Waals surface area contributed by atoms with Crippen molar-refractivity contribution in [1.29, 1.82) is 0 Å². The van der Waals surface area contributed by atoms with E-state index in [-0.39, 0.29) is 5.56 Å². The Hall–Kier alpha value is -2.28. The number of nitrogens with one attached hydrogen (secondary N) is 1. The molecule has 0 aliphatic carbocycles. The lowest BCUT2D eigenvalue weighted by atomic mass is 10.1. The van der Waals surface area contributed by atoms with Gasteiger partial charge < -0.3 is 4.57 Å². The van der Waals surface area contributed by atoms with Gasteiger partial charge in [0.15, 0.2) is 16.3 Å². The van der Waals surface area contributed by atoms with Crippen LogP contribution in [-0.2, 0) is 13.6 Å². The smallest absolute Gasteiger partial charge is 0.313 e. The van der Waals surface area contributed by atoms with Crippen LogP contribution in [0.25, 0.3) is 11.2 Å². The molecule has 0 saturated heterocycles. The lowest BCUT2D eigenvalue weighted by Crippen LogP contribution is -2.29. The fraction of sp³-hybridized carbons (Fsp3) is 0.500. The van der Waals surface area contributed by atoms with Crippen molar-refractivity contribution in [3.05, 3.63) is 50.7 Å². The number of hydrogen-bond acceptors (Lipinski definition) is 4. The van der Waals surface area contributed by atoms with Gasteiger partial charge >= 0.3 is 5.69 Å². The first-order valence-electron chi connectivity index (χ1n) is 10.5. The highest BCUT2D eigenvalue weighted by Gasteiger charge is 2.18. The normalized spacial score (nSPS) is 11.4. The van der Waals surface area contributed by atoms with E-state index in [2.05, 4.69) is 48.1 Å². The molecule has 7 heteroatoms. The van der Waals surface area contributed by atoms with E-state index in [1.54, 1.807) is 7.05 Å². The number of imidazole rings is 1.